The molecule has 2 aliphatic rings. The van der Waals surface area contributed by atoms with Crippen molar-refractivity contribution in [2.24, 2.45) is 5.92 Å². The number of ether oxygens (including phenoxy) is 3. The number of hydrogen-bond acceptors (Lipinski definition) is 8. The molecule has 2 fully saturated rings. The number of rotatable bonds is 15. The summed E-state index contributed by atoms with van der Waals surface area (Å²) in [6.07, 6.45) is 6.18. The van der Waals surface area contributed by atoms with Gasteiger partial charge in [0, 0.05) is 69.3 Å². The number of methoxy groups -OCH3 is 1. The summed E-state index contributed by atoms with van der Waals surface area (Å²) in [4.78, 5) is 44.2. The van der Waals surface area contributed by atoms with Crippen LogP contribution >= 0.6 is 0 Å². The molecule has 11 nitrogen and oxygen atoms in total. The van der Waals surface area contributed by atoms with Crippen LogP contribution in [0.3, 0.4) is 0 Å². The van der Waals surface area contributed by atoms with Gasteiger partial charge in [0.2, 0.25) is 5.91 Å². The summed E-state index contributed by atoms with van der Waals surface area (Å²) in [5.74, 6) is -1.17. The van der Waals surface area contributed by atoms with E-state index in [9.17, 15) is 18.0 Å². The minimum atomic E-state index is -3.42. The van der Waals surface area contributed by atoms with Gasteiger partial charge in [0.05, 0.1) is 5.92 Å². The van der Waals surface area contributed by atoms with Crippen LogP contribution in [-0.2, 0) is 42.0 Å². The molecule has 0 spiro atoms. The van der Waals surface area contributed by atoms with Gasteiger partial charge in [0.25, 0.3) is 0 Å². The molecule has 0 radical (unpaired) electrons. The van der Waals surface area contributed by atoms with Crippen LogP contribution in [0.2, 0.25) is 0 Å². The molecule has 2 heterocycles. The van der Waals surface area contributed by atoms with Gasteiger partial charge in [-0.15, -0.1) is 0 Å². The molecule has 55 heavy (non-hydrogen) atoms. The van der Waals surface area contributed by atoms with Crippen molar-refractivity contribution in [1.82, 2.24) is 14.4 Å². The fraction of sp³-hybridized carbons (Fsp3) is 0.465. The largest absolute Gasteiger partial charge is 0.486 e. The van der Waals surface area contributed by atoms with E-state index in [0.717, 1.165) is 65.2 Å². The normalized spacial score (nSPS) is 17.6. The van der Waals surface area contributed by atoms with Crippen molar-refractivity contribution >= 4 is 38.5 Å². The number of aryl methyl sites for hydroxylation is 1. The fourth-order valence-electron chi connectivity index (χ4n) is 7.47. The van der Waals surface area contributed by atoms with Crippen LogP contribution in [0.15, 0.2) is 79.0 Å². The highest BCUT2D eigenvalue weighted by molar-refractivity contribution is 7.91. The average molecular weight is 772 g/mol. The number of amides is 2. The summed E-state index contributed by atoms with van der Waals surface area (Å²) in [5, 5.41) is 1.14. The zero-order valence-electron chi connectivity index (χ0n) is 32.5. The second kappa shape index (κ2) is 17.0. The minimum Gasteiger partial charge on any atom is -0.486 e. The number of aromatic nitrogens is 1. The first-order chi connectivity index (χ1) is 26.2. The van der Waals surface area contributed by atoms with E-state index in [2.05, 4.69) is 39.9 Å². The summed E-state index contributed by atoms with van der Waals surface area (Å²) in [7, 11) is -1.71. The Labute approximate surface area is 324 Å². The molecule has 0 unspecified atom stereocenters. The predicted molar refractivity (Wildman–Crippen MR) is 213 cm³/mol. The van der Waals surface area contributed by atoms with Crippen LogP contribution in [0, 0.1) is 5.92 Å². The van der Waals surface area contributed by atoms with Gasteiger partial charge in [-0.05, 0) is 92.8 Å². The van der Waals surface area contributed by atoms with Crippen LogP contribution in [0.25, 0.3) is 22.0 Å². The first kappa shape index (κ1) is 40.0. The molecule has 1 aromatic heterocycles. The molecule has 294 valence electrons. The molecular formula is C43H53N3O8S. The molecule has 1 aliphatic heterocycles. The lowest BCUT2D eigenvalue weighted by Crippen LogP contribution is -2.51. The number of carbonyl (C=O) groups is 3. The Morgan fingerprint density at radius 2 is 1.67 bits per heavy atom. The maximum absolute atomic E-state index is 15.0. The Morgan fingerprint density at radius 3 is 2.36 bits per heavy atom. The molecule has 1 saturated carbocycles. The summed E-state index contributed by atoms with van der Waals surface area (Å²) in [6, 6.07) is 24.0. The lowest BCUT2D eigenvalue weighted by molar-refractivity contribution is -0.139. The highest BCUT2D eigenvalue weighted by Crippen LogP contribution is 2.40. The lowest BCUT2D eigenvalue weighted by atomic mass is 9.79. The topological polar surface area (TPSA) is 124 Å². The van der Waals surface area contributed by atoms with E-state index in [1.807, 2.05) is 57.2 Å². The Balaban J connectivity index is 1.26. The van der Waals surface area contributed by atoms with Gasteiger partial charge >= 0.3 is 6.09 Å². The monoisotopic (exact) mass is 771 g/mol. The van der Waals surface area contributed by atoms with E-state index in [-0.39, 0.29) is 31.0 Å². The number of piperidine rings is 1. The molecular weight excluding hydrogens is 719 g/mol. The molecule has 0 bridgehead atoms. The van der Waals surface area contributed by atoms with Crippen molar-refractivity contribution in [3.05, 3.63) is 90.1 Å². The predicted octanol–water partition coefficient (Wildman–Crippen LogP) is 6.87. The minimum absolute atomic E-state index is 0.0503. The molecule has 4 aromatic rings. The third kappa shape index (κ3) is 10.5. The smallest absolute Gasteiger partial charge is 0.410 e. The number of likely N-dealkylation sites (tertiary alicyclic amines) is 1. The number of carbonyl (C=O) groups excluding carboxylic acids is 3. The summed E-state index contributed by atoms with van der Waals surface area (Å²) < 4.78 is 41.8. The van der Waals surface area contributed by atoms with Crippen LogP contribution in [-0.4, -0.2) is 97.6 Å². The summed E-state index contributed by atoms with van der Waals surface area (Å²) >= 11 is 0. The van der Waals surface area contributed by atoms with E-state index in [1.165, 1.54) is 0 Å². The van der Waals surface area contributed by atoms with Crippen molar-refractivity contribution in [3.63, 3.8) is 0 Å². The second-order valence-corrected chi connectivity index (χ2v) is 18.0. The maximum Gasteiger partial charge on any atom is 0.410 e. The zero-order chi connectivity index (χ0) is 39.3. The Morgan fingerprint density at radius 1 is 0.927 bits per heavy atom. The molecule has 12 heteroatoms. The number of hydrogen-bond donors (Lipinski definition) is 0. The molecule has 6 rings (SSSR count). The quantitative estimate of drug-likeness (QED) is 0.120. The third-order valence-corrected chi connectivity index (χ3v) is 11.0. The second-order valence-electron chi connectivity index (χ2n) is 15.9. The third-order valence-electron chi connectivity index (χ3n) is 10.1. The van der Waals surface area contributed by atoms with Crippen molar-refractivity contribution < 1.29 is 37.0 Å². The highest BCUT2D eigenvalue weighted by atomic mass is 32.2. The number of benzene rings is 3. The van der Waals surface area contributed by atoms with Gasteiger partial charge in [0.15, 0.2) is 15.6 Å². The number of fused-ring (bicyclic) bond motifs is 1. The van der Waals surface area contributed by atoms with Crippen molar-refractivity contribution in [1.29, 1.82) is 0 Å². The van der Waals surface area contributed by atoms with E-state index >= 15 is 4.79 Å². The molecule has 1 saturated heterocycles. The van der Waals surface area contributed by atoms with Gasteiger partial charge in [0.1, 0.15) is 23.7 Å². The Kier molecular flexibility index (Phi) is 12.4. The summed E-state index contributed by atoms with van der Waals surface area (Å²) in [5.41, 5.74) is 4.49. The van der Waals surface area contributed by atoms with Gasteiger partial charge in [-0.3, -0.25) is 9.59 Å². The maximum atomic E-state index is 15.0. The number of ketones is 1. The molecule has 2 atom stereocenters. The number of sulfone groups is 1. The first-order valence-electron chi connectivity index (χ1n) is 19.1. The number of Topliss-reactive ketones (excluding diaryl/α,β-unsaturated/α-hetero) is 1. The van der Waals surface area contributed by atoms with Crippen molar-refractivity contribution in [2.45, 2.75) is 77.1 Å². The zero-order valence-corrected chi connectivity index (χ0v) is 33.3. The van der Waals surface area contributed by atoms with E-state index in [0.29, 0.717) is 31.9 Å². The lowest BCUT2D eigenvalue weighted by Gasteiger charge is -2.40. The van der Waals surface area contributed by atoms with Crippen LogP contribution < -0.4 is 4.74 Å². The van der Waals surface area contributed by atoms with Crippen LogP contribution in [0.1, 0.15) is 63.5 Å². The first-order valence-corrected chi connectivity index (χ1v) is 21.1. The Hall–Kier alpha value is -4.68. The van der Waals surface area contributed by atoms with Crippen molar-refractivity contribution in [2.75, 3.05) is 45.4 Å². The number of nitrogens with zero attached hydrogens (tertiary/aromatic N) is 3. The van der Waals surface area contributed by atoms with E-state index in [1.54, 1.807) is 24.1 Å². The Bertz CT molecular complexity index is 2100. The highest BCUT2D eigenvalue weighted by Gasteiger charge is 2.43. The summed E-state index contributed by atoms with van der Waals surface area (Å²) in [6.45, 7) is 7.93. The van der Waals surface area contributed by atoms with E-state index < -0.39 is 39.0 Å². The SMILES string of the molecule is COCCCn1cc(CN(C(=O)[C@H]2CN(C(=O)OC(C)(C)C)CC[C@@H]2c2cccc(-c3ccc(OCC(=O)CS(C)(=O)=O)cc3)c2)C2CC2)c2ccccc21. The molecule has 2 amide bonds. The van der Waals surface area contributed by atoms with Gasteiger partial charge in [-0.1, -0.05) is 54.6 Å². The van der Waals surface area contributed by atoms with Crippen molar-refractivity contribution in [3.8, 4) is 16.9 Å². The van der Waals surface area contributed by atoms with Gasteiger partial charge in [-0.25, -0.2) is 13.2 Å². The molecule has 0 N–H and O–H groups in total. The fourth-order valence-corrected chi connectivity index (χ4v) is 8.13. The van der Waals surface area contributed by atoms with Crippen LogP contribution in [0.4, 0.5) is 4.79 Å². The molecule has 1 aliphatic carbocycles. The van der Waals surface area contributed by atoms with Gasteiger partial charge in [-0.2, -0.15) is 0 Å². The van der Waals surface area contributed by atoms with Gasteiger partial charge < -0.3 is 28.6 Å². The van der Waals surface area contributed by atoms with E-state index in [4.69, 9.17) is 14.2 Å². The van der Waals surface area contributed by atoms with Crippen LogP contribution in [0.5, 0.6) is 5.75 Å². The number of para-hydroxylation sites is 1. The standard InChI is InChI=1S/C43H53N3O8S/c1-43(2,3)54-42(49)45-22-20-37(32-11-8-10-31(24-32)30-14-18-36(19-15-30)53-28-35(47)29-55(5,50)51)39(27-45)41(48)46(34-16-17-34)26-33-25-44(21-9-23-52-4)40-13-7-6-12-38(33)40/h6-8,10-15,18-19,24-25,34,37,39H,9,16-17,20-23,26-29H2,1-5H3/t37-,39+/m1/s1. The average Bonchev–Trinajstić information content (AvgIpc) is 3.93. The molecule has 3 aromatic carbocycles.